The van der Waals surface area contributed by atoms with E-state index >= 15 is 0 Å². The van der Waals surface area contributed by atoms with Crippen molar-refractivity contribution in [2.45, 2.75) is 38.8 Å². The molecule has 6 heteroatoms. The number of hydrogen-bond acceptors (Lipinski definition) is 5. The summed E-state index contributed by atoms with van der Waals surface area (Å²) in [6, 6.07) is 5.46. The number of methoxy groups -OCH3 is 3. The van der Waals surface area contributed by atoms with E-state index in [1.54, 1.807) is 21.3 Å². The maximum Gasteiger partial charge on any atom is 0.407 e. The van der Waals surface area contributed by atoms with Crippen LogP contribution in [0.1, 0.15) is 26.3 Å². The van der Waals surface area contributed by atoms with Crippen molar-refractivity contribution in [2.24, 2.45) is 0 Å². The molecule has 0 spiro atoms. The van der Waals surface area contributed by atoms with Crippen LogP contribution in [0.4, 0.5) is 4.79 Å². The van der Waals surface area contributed by atoms with E-state index < -0.39 is 11.7 Å². The molecule has 0 aromatic heterocycles. The number of hydrogen-bond donors (Lipinski definition) is 1. The highest BCUT2D eigenvalue weighted by Crippen LogP contribution is 2.28. The first kappa shape index (κ1) is 19.1. The number of alkyl carbamates (subject to hydrolysis) is 1. The van der Waals surface area contributed by atoms with Gasteiger partial charge in [0.15, 0.2) is 11.5 Å². The third kappa shape index (κ3) is 6.78. The van der Waals surface area contributed by atoms with E-state index in [0.29, 0.717) is 24.5 Å². The molecule has 23 heavy (non-hydrogen) atoms. The number of carbonyl (C=O) groups excluding carboxylic acids is 1. The van der Waals surface area contributed by atoms with Crippen LogP contribution in [-0.4, -0.2) is 45.7 Å². The maximum absolute atomic E-state index is 11.9. The van der Waals surface area contributed by atoms with E-state index in [-0.39, 0.29) is 6.04 Å². The van der Waals surface area contributed by atoms with Gasteiger partial charge in [0.2, 0.25) is 0 Å². The normalized spacial score (nSPS) is 12.4. The molecule has 0 saturated heterocycles. The summed E-state index contributed by atoms with van der Waals surface area (Å²) >= 11 is 0. The minimum absolute atomic E-state index is 0.201. The van der Waals surface area contributed by atoms with Gasteiger partial charge in [-0.25, -0.2) is 4.79 Å². The van der Waals surface area contributed by atoms with Gasteiger partial charge in [0.1, 0.15) is 5.60 Å². The third-order valence-electron chi connectivity index (χ3n) is 3.02. The molecule has 1 rings (SSSR count). The van der Waals surface area contributed by atoms with Crippen molar-refractivity contribution in [1.29, 1.82) is 0 Å². The Bertz CT molecular complexity index is 510. The number of ether oxygens (including phenoxy) is 4. The Morgan fingerprint density at radius 1 is 1.13 bits per heavy atom. The Morgan fingerprint density at radius 2 is 1.78 bits per heavy atom. The second kappa shape index (κ2) is 8.62. The Morgan fingerprint density at radius 3 is 2.30 bits per heavy atom. The second-order valence-electron chi connectivity index (χ2n) is 6.19. The van der Waals surface area contributed by atoms with E-state index in [1.807, 2.05) is 39.0 Å². The molecule has 1 aromatic carbocycles. The molecule has 0 aliphatic heterocycles. The molecule has 0 heterocycles. The summed E-state index contributed by atoms with van der Waals surface area (Å²) in [5, 5.41) is 2.83. The molecule has 0 aliphatic carbocycles. The van der Waals surface area contributed by atoms with Crippen LogP contribution in [0.15, 0.2) is 18.2 Å². The summed E-state index contributed by atoms with van der Waals surface area (Å²) in [7, 11) is 4.78. The van der Waals surface area contributed by atoms with Crippen LogP contribution in [0.3, 0.4) is 0 Å². The van der Waals surface area contributed by atoms with Crippen LogP contribution in [0.25, 0.3) is 0 Å². The summed E-state index contributed by atoms with van der Waals surface area (Å²) in [5.41, 5.74) is 0.464. The highest BCUT2D eigenvalue weighted by Gasteiger charge is 2.20. The van der Waals surface area contributed by atoms with Crippen LogP contribution < -0.4 is 14.8 Å². The van der Waals surface area contributed by atoms with Gasteiger partial charge >= 0.3 is 6.09 Å². The van der Waals surface area contributed by atoms with Gasteiger partial charge < -0.3 is 24.3 Å². The van der Waals surface area contributed by atoms with Crippen molar-refractivity contribution in [3.63, 3.8) is 0 Å². The van der Waals surface area contributed by atoms with Crippen molar-refractivity contribution in [1.82, 2.24) is 5.32 Å². The summed E-state index contributed by atoms with van der Waals surface area (Å²) in [4.78, 5) is 11.9. The van der Waals surface area contributed by atoms with Crippen LogP contribution in [0, 0.1) is 0 Å². The average molecular weight is 325 g/mol. The Hall–Kier alpha value is -1.95. The van der Waals surface area contributed by atoms with E-state index in [0.717, 1.165) is 5.56 Å². The largest absolute Gasteiger partial charge is 0.493 e. The Labute approximate surface area is 138 Å². The van der Waals surface area contributed by atoms with Gasteiger partial charge in [-0.15, -0.1) is 0 Å². The lowest BCUT2D eigenvalue weighted by Crippen LogP contribution is -2.42. The van der Waals surface area contributed by atoms with Crippen molar-refractivity contribution >= 4 is 6.09 Å². The molecule has 0 aliphatic rings. The highest BCUT2D eigenvalue weighted by atomic mass is 16.6. The fourth-order valence-corrected chi connectivity index (χ4v) is 2.12. The molecule has 130 valence electrons. The van der Waals surface area contributed by atoms with Gasteiger partial charge in [-0.3, -0.25) is 0 Å². The van der Waals surface area contributed by atoms with Gasteiger partial charge in [-0.2, -0.15) is 0 Å². The Balaban J connectivity index is 2.77. The van der Waals surface area contributed by atoms with Gasteiger partial charge in [-0.1, -0.05) is 6.07 Å². The number of nitrogens with one attached hydrogen (secondary N) is 1. The molecule has 0 unspecified atom stereocenters. The monoisotopic (exact) mass is 325 g/mol. The number of benzene rings is 1. The summed E-state index contributed by atoms with van der Waals surface area (Å²) in [6.45, 7) is 5.86. The molecule has 0 radical (unpaired) electrons. The third-order valence-corrected chi connectivity index (χ3v) is 3.02. The number of amides is 1. The highest BCUT2D eigenvalue weighted by molar-refractivity contribution is 5.68. The van der Waals surface area contributed by atoms with Crippen LogP contribution in [0.2, 0.25) is 0 Å². The summed E-state index contributed by atoms with van der Waals surface area (Å²) < 4.78 is 21.0. The lowest BCUT2D eigenvalue weighted by atomic mass is 10.1. The lowest BCUT2D eigenvalue weighted by Gasteiger charge is -2.23. The number of carbonyl (C=O) groups is 1. The minimum Gasteiger partial charge on any atom is -0.493 e. The second-order valence-corrected chi connectivity index (χ2v) is 6.19. The standard InChI is InChI=1S/C17H27NO5/c1-17(2,3)23-16(19)18-13(11-20-4)9-12-7-8-14(21-5)15(10-12)22-6/h7-8,10,13H,9,11H2,1-6H3,(H,18,19)/t13-/m0/s1. The van der Waals surface area contributed by atoms with Crippen LogP contribution in [-0.2, 0) is 15.9 Å². The topological polar surface area (TPSA) is 66.0 Å². The summed E-state index contributed by atoms with van der Waals surface area (Å²) in [6.07, 6.45) is 0.132. The first-order chi connectivity index (χ1) is 10.8. The van der Waals surface area contributed by atoms with Gasteiger partial charge in [0, 0.05) is 7.11 Å². The van der Waals surface area contributed by atoms with Gasteiger partial charge in [0.05, 0.1) is 26.9 Å². The van der Waals surface area contributed by atoms with E-state index in [4.69, 9.17) is 18.9 Å². The molecule has 1 N–H and O–H groups in total. The molecule has 0 fully saturated rings. The Kier molecular flexibility index (Phi) is 7.16. The molecule has 1 atom stereocenters. The van der Waals surface area contributed by atoms with Crippen molar-refractivity contribution < 1.29 is 23.7 Å². The van der Waals surface area contributed by atoms with E-state index in [2.05, 4.69) is 5.32 Å². The zero-order valence-electron chi connectivity index (χ0n) is 14.8. The smallest absolute Gasteiger partial charge is 0.407 e. The van der Waals surface area contributed by atoms with E-state index in [1.165, 1.54) is 0 Å². The fourth-order valence-electron chi connectivity index (χ4n) is 2.12. The zero-order valence-corrected chi connectivity index (χ0v) is 14.8. The molecule has 0 bridgehead atoms. The van der Waals surface area contributed by atoms with Crippen molar-refractivity contribution in [2.75, 3.05) is 27.9 Å². The number of rotatable bonds is 7. The average Bonchev–Trinajstić information content (AvgIpc) is 2.45. The van der Waals surface area contributed by atoms with Crippen LogP contribution in [0.5, 0.6) is 11.5 Å². The van der Waals surface area contributed by atoms with E-state index in [9.17, 15) is 4.79 Å². The van der Waals surface area contributed by atoms with Crippen molar-refractivity contribution in [3.05, 3.63) is 23.8 Å². The lowest BCUT2D eigenvalue weighted by molar-refractivity contribution is 0.0469. The molecular weight excluding hydrogens is 298 g/mol. The van der Waals surface area contributed by atoms with Crippen LogP contribution >= 0.6 is 0 Å². The molecule has 1 aromatic rings. The van der Waals surface area contributed by atoms with Gasteiger partial charge in [0.25, 0.3) is 0 Å². The predicted molar refractivity (Wildman–Crippen MR) is 88.3 cm³/mol. The maximum atomic E-state index is 11.9. The minimum atomic E-state index is -0.537. The molecular formula is C17H27NO5. The first-order valence-corrected chi connectivity index (χ1v) is 7.48. The molecule has 1 amide bonds. The zero-order chi connectivity index (χ0) is 17.5. The van der Waals surface area contributed by atoms with Crippen molar-refractivity contribution in [3.8, 4) is 11.5 Å². The first-order valence-electron chi connectivity index (χ1n) is 7.48. The summed E-state index contributed by atoms with van der Waals surface area (Å²) in [5.74, 6) is 1.32. The predicted octanol–water partition coefficient (Wildman–Crippen LogP) is 2.79. The molecule has 6 nitrogen and oxygen atoms in total. The quantitative estimate of drug-likeness (QED) is 0.835. The molecule has 0 saturated carbocycles. The SMILES string of the molecule is COC[C@H](Cc1ccc(OC)c(OC)c1)NC(=O)OC(C)(C)C. The fraction of sp³-hybridized carbons (Fsp3) is 0.588. The van der Waals surface area contributed by atoms with Gasteiger partial charge in [-0.05, 0) is 44.9 Å².